The van der Waals surface area contributed by atoms with Crippen molar-refractivity contribution in [2.75, 3.05) is 6.54 Å². The van der Waals surface area contributed by atoms with E-state index in [2.05, 4.69) is 30.6 Å². The van der Waals surface area contributed by atoms with E-state index in [1.165, 1.54) is 10.4 Å². The summed E-state index contributed by atoms with van der Waals surface area (Å²) in [4.78, 5) is 1.49. The molecular weight excluding hydrogens is 154 g/mol. The van der Waals surface area contributed by atoms with Crippen LogP contribution in [0.2, 0.25) is 0 Å². The van der Waals surface area contributed by atoms with Crippen LogP contribution < -0.4 is 5.32 Å². The number of aryl methyl sites for hydroxylation is 1. The van der Waals surface area contributed by atoms with Gasteiger partial charge >= 0.3 is 0 Å². The lowest BCUT2D eigenvalue weighted by Gasteiger charge is -2.00. The molecule has 0 amide bonds. The van der Waals surface area contributed by atoms with Crippen molar-refractivity contribution in [3.8, 4) is 0 Å². The molecule has 0 aliphatic rings. The second-order valence-electron chi connectivity index (χ2n) is 2.50. The number of hydrogen-bond acceptors (Lipinski definition) is 2. The number of thiophene rings is 1. The molecule has 1 N–H and O–H groups in total. The highest BCUT2D eigenvalue weighted by Crippen LogP contribution is 2.16. The van der Waals surface area contributed by atoms with Crippen LogP contribution in [-0.2, 0) is 13.0 Å². The van der Waals surface area contributed by atoms with Gasteiger partial charge in [0.25, 0.3) is 0 Å². The van der Waals surface area contributed by atoms with Crippen LogP contribution in [0.1, 0.15) is 24.3 Å². The van der Waals surface area contributed by atoms with Crippen molar-refractivity contribution in [3.05, 3.63) is 21.9 Å². The summed E-state index contributed by atoms with van der Waals surface area (Å²) in [5, 5.41) is 5.51. The Bertz CT molecular complexity index is 205. The van der Waals surface area contributed by atoms with E-state index in [0.29, 0.717) is 0 Å². The fraction of sp³-hybridized carbons (Fsp3) is 0.556. The van der Waals surface area contributed by atoms with Crippen molar-refractivity contribution < 1.29 is 0 Å². The molecule has 0 fully saturated rings. The molecule has 0 saturated carbocycles. The normalized spacial score (nSPS) is 10.4. The Morgan fingerprint density at radius 3 is 2.91 bits per heavy atom. The second-order valence-corrected chi connectivity index (χ2v) is 3.50. The quantitative estimate of drug-likeness (QED) is 0.730. The Balaban J connectivity index is 2.54. The van der Waals surface area contributed by atoms with Gasteiger partial charge < -0.3 is 5.32 Å². The Labute approximate surface area is 72.4 Å². The van der Waals surface area contributed by atoms with Crippen molar-refractivity contribution in [2.45, 2.75) is 26.8 Å². The van der Waals surface area contributed by atoms with Crippen molar-refractivity contribution in [3.63, 3.8) is 0 Å². The van der Waals surface area contributed by atoms with E-state index in [-0.39, 0.29) is 0 Å². The number of nitrogens with one attached hydrogen (secondary N) is 1. The highest BCUT2D eigenvalue weighted by Gasteiger charge is 1.99. The lowest BCUT2D eigenvalue weighted by atomic mass is 10.2. The Kier molecular flexibility index (Phi) is 3.60. The maximum absolute atomic E-state index is 3.34. The monoisotopic (exact) mass is 169 g/mol. The number of rotatable bonds is 4. The first-order valence-electron chi connectivity index (χ1n) is 4.14. The summed E-state index contributed by atoms with van der Waals surface area (Å²) in [6.07, 6.45) is 1.16. The first-order valence-corrected chi connectivity index (χ1v) is 5.02. The second kappa shape index (κ2) is 4.52. The molecule has 0 unspecified atom stereocenters. The molecular formula is C9H15NS. The fourth-order valence-electron chi connectivity index (χ4n) is 1.08. The Morgan fingerprint density at radius 1 is 1.45 bits per heavy atom. The summed E-state index contributed by atoms with van der Waals surface area (Å²) in [5.74, 6) is 0. The molecule has 1 rings (SSSR count). The molecule has 0 bridgehead atoms. The topological polar surface area (TPSA) is 12.0 Å². The molecule has 62 valence electrons. The van der Waals surface area contributed by atoms with Gasteiger partial charge in [0.15, 0.2) is 0 Å². The molecule has 1 aromatic heterocycles. The first-order chi connectivity index (χ1) is 5.38. The Hall–Kier alpha value is -0.340. The lowest BCUT2D eigenvalue weighted by molar-refractivity contribution is 0.730. The fourth-order valence-corrected chi connectivity index (χ4v) is 2.02. The van der Waals surface area contributed by atoms with E-state index in [4.69, 9.17) is 0 Å². The van der Waals surface area contributed by atoms with Gasteiger partial charge in [-0.25, -0.2) is 0 Å². The van der Waals surface area contributed by atoms with Gasteiger partial charge in [-0.2, -0.15) is 0 Å². The van der Waals surface area contributed by atoms with E-state index in [0.717, 1.165) is 19.5 Å². The summed E-state index contributed by atoms with van der Waals surface area (Å²) in [6, 6.07) is 2.22. The SMILES string of the molecule is CCNCc1sccc1CC. The molecule has 0 spiro atoms. The molecule has 0 radical (unpaired) electrons. The van der Waals surface area contributed by atoms with Crippen molar-refractivity contribution in [1.82, 2.24) is 5.32 Å². The smallest absolute Gasteiger partial charge is 0.0302 e. The van der Waals surface area contributed by atoms with Gasteiger partial charge in [0, 0.05) is 11.4 Å². The van der Waals surface area contributed by atoms with Crippen LogP contribution in [0.25, 0.3) is 0 Å². The van der Waals surface area contributed by atoms with E-state index >= 15 is 0 Å². The minimum absolute atomic E-state index is 1.04. The van der Waals surface area contributed by atoms with Crippen molar-refractivity contribution in [1.29, 1.82) is 0 Å². The summed E-state index contributed by atoms with van der Waals surface area (Å²) in [7, 11) is 0. The summed E-state index contributed by atoms with van der Waals surface area (Å²) in [6.45, 7) is 6.44. The largest absolute Gasteiger partial charge is 0.312 e. The molecule has 1 nitrogen and oxygen atoms in total. The predicted molar refractivity (Wildman–Crippen MR) is 51.1 cm³/mol. The van der Waals surface area contributed by atoms with Crippen molar-refractivity contribution >= 4 is 11.3 Å². The summed E-state index contributed by atoms with van der Waals surface area (Å²) >= 11 is 1.85. The third-order valence-corrected chi connectivity index (χ3v) is 2.72. The standard InChI is InChI=1S/C9H15NS/c1-3-8-5-6-11-9(8)7-10-4-2/h5-6,10H,3-4,7H2,1-2H3. The minimum Gasteiger partial charge on any atom is -0.312 e. The van der Waals surface area contributed by atoms with Crippen LogP contribution in [-0.4, -0.2) is 6.54 Å². The minimum atomic E-state index is 1.04. The zero-order valence-corrected chi connectivity index (χ0v) is 8.00. The molecule has 0 aromatic carbocycles. The third kappa shape index (κ3) is 2.31. The lowest BCUT2D eigenvalue weighted by Crippen LogP contribution is -2.11. The van der Waals surface area contributed by atoms with Gasteiger partial charge in [-0.05, 0) is 30.0 Å². The highest BCUT2D eigenvalue weighted by atomic mass is 32.1. The number of hydrogen-bond donors (Lipinski definition) is 1. The van der Waals surface area contributed by atoms with Crippen LogP contribution in [0.5, 0.6) is 0 Å². The zero-order valence-electron chi connectivity index (χ0n) is 7.18. The average molecular weight is 169 g/mol. The van der Waals surface area contributed by atoms with Gasteiger partial charge in [0.1, 0.15) is 0 Å². The van der Waals surface area contributed by atoms with Crippen LogP contribution in [0.3, 0.4) is 0 Å². The third-order valence-electron chi connectivity index (χ3n) is 1.75. The predicted octanol–water partition coefficient (Wildman–Crippen LogP) is 2.42. The molecule has 11 heavy (non-hydrogen) atoms. The van der Waals surface area contributed by atoms with E-state index in [1.807, 2.05) is 11.3 Å². The van der Waals surface area contributed by atoms with Gasteiger partial charge in [0.05, 0.1) is 0 Å². The van der Waals surface area contributed by atoms with Crippen LogP contribution in [0.4, 0.5) is 0 Å². The van der Waals surface area contributed by atoms with E-state index in [9.17, 15) is 0 Å². The zero-order chi connectivity index (χ0) is 8.10. The first kappa shape index (κ1) is 8.75. The van der Waals surface area contributed by atoms with Gasteiger partial charge in [-0.15, -0.1) is 11.3 Å². The van der Waals surface area contributed by atoms with Gasteiger partial charge in [0.2, 0.25) is 0 Å². The van der Waals surface area contributed by atoms with Gasteiger partial charge in [-0.3, -0.25) is 0 Å². The molecule has 2 heteroatoms. The maximum atomic E-state index is 3.34. The Morgan fingerprint density at radius 2 is 2.27 bits per heavy atom. The molecule has 0 atom stereocenters. The maximum Gasteiger partial charge on any atom is 0.0302 e. The molecule has 1 heterocycles. The average Bonchev–Trinajstić information content (AvgIpc) is 2.47. The van der Waals surface area contributed by atoms with Crippen molar-refractivity contribution in [2.24, 2.45) is 0 Å². The van der Waals surface area contributed by atoms with Crippen LogP contribution in [0, 0.1) is 0 Å². The molecule has 0 aliphatic carbocycles. The molecule has 0 aliphatic heterocycles. The molecule has 1 aromatic rings. The van der Waals surface area contributed by atoms with E-state index in [1.54, 1.807) is 0 Å². The van der Waals surface area contributed by atoms with Crippen LogP contribution >= 0.6 is 11.3 Å². The highest BCUT2D eigenvalue weighted by molar-refractivity contribution is 7.10. The summed E-state index contributed by atoms with van der Waals surface area (Å²) < 4.78 is 0. The van der Waals surface area contributed by atoms with E-state index < -0.39 is 0 Å². The van der Waals surface area contributed by atoms with Gasteiger partial charge in [-0.1, -0.05) is 13.8 Å². The van der Waals surface area contributed by atoms with Crippen LogP contribution in [0.15, 0.2) is 11.4 Å². The summed E-state index contributed by atoms with van der Waals surface area (Å²) in [5.41, 5.74) is 1.50. The molecule has 0 saturated heterocycles.